The van der Waals surface area contributed by atoms with Crippen LogP contribution in [0.1, 0.15) is 10.5 Å². The van der Waals surface area contributed by atoms with Gasteiger partial charge in [-0.05, 0) is 0 Å². The van der Waals surface area contributed by atoms with Crippen LogP contribution in [0, 0.1) is 10.1 Å². The van der Waals surface area contributed by atoms with E-state index in [0.29, 0.717) is 0 Å². The predicted molar refractivity (Wildman–Crippen MR) is 50.1 cm³/mol. The Bertz CT molecular complexity index is 468. The maximum atomic E-state index is 11.7. The molecule has 0 radical (unpaired) electrons. The number of hydrogen-bond acceptors (Lipinski definition) is 4. The molecule has 0 aromatic carbocycles. The van der Waals surface area contributed by atoms with Crippen LogP contribution in [0.4, 0.5) is 18.9 Å². The van der Waals surface area contributed by atoms with E-state index in [9.17, 15) is 28.1 Å². The van der Waals surface area contributed by atoms with Gasteiger partial charge in [0.25, 0.3) is 5.69 Å². The van der Waals surface area contributed by atoms with Gasteiger partial charge in [0.1, 0.15) is 5.69 Å². The zero-order valence-electron chi connectivity index (χ0n) is 8.68. The third-order valence-corrected chi connectivity index (χ3v) is 1.91. The Balaban J connectivity index is 2.81. The first-order valence-corrected chi connectivity index (χ1v) is 4.49. The van der Waals surface area contributed by atoms with Crippen molar-refractivity contribution in [2.75, 3.05) is 6.61 Å². The lowest BCUT2D eigenvalue weighted by Crippen LogP contribution is -2.18. The fraction of sp³-hybridized carbons (Fsp3) is 0.375. The highest BCUT2D eigenvalue weighted by molar-refractivity contribution is 5.86. The third-order valence-electron chi connectivity index (χ3n) is 1.91. The Labute approximate surface area is 97.5 Å². The molecule has 0 bridgehead atoms. The number of hydrogen-bond donors (Lipinski definition) is 1. The first-order valence-electron chi connectivity index (χ1n) is 4.49. The summed E-state index contributed by atoms with van der Waals surface area (Å²) in [5.74, 6) is -1.48. The highest BCUT2D eigenvalue weighted by atomic mass is 19.4. The van der Waals surface area contributed by atoms with Crippen LogP contribution < -0.4 is 0 Å². The molecule has 0 aliphatic carbocycles. The first-order chi connectivity index (χ1) is 8.20. The van der Waals surface area contributed by atoms with Crippen molar-refractivity contribution < 1.29 is 32.7 Å². The summed E-state index contributed by atoms with van der Waals surface area (Å²) in [6, 6.07) is 0.760. The Hall–Kier alpha value is -2.10. The summed E-state index contributed by atoms with van der Waals surface area (Å²) in [6.07, 6.45) is -3.99. The molecule has 1 heterocycles. The molecule has 1 N–H and O–H groups in total. The monoisotopic (exact) mass is 268 g/mol. The molecular formula is C8H7F3N2O5. The number of carboxylic acid groups (broad SMARTS) is 1. The second-order valence-electron chi connectivity index (χ2n) is 3.13. The Morgan fingerprint density at radius 2 is 2.17 bits per heavy atom. The molecule has 0 spiro atoms. The van der Waals surface area contributed by atoms with Crippen molar-refractivity contribution in [2.24, 2.45) is 0 Å². The second kappa shape index (κ2) is 5.04. The van der Waals surface area contributed by atoms with Gasteiger partial charge < -0.3 is 9.67 Å². The molecule has 0 unspecified atom stereocenters. The lowest BCUT2D eigenvalue weighted by Gasteiger charge is -2.08. The summed E-state index contributed by atoms with van der Waals surface area (Å²) in [5.41, 5.74) is -0.994. The van der Waals surface area contributed by atoms with E-state index in [4.69, 9.17) is 5.11 Å². The van der Waals surface area contributed by atoms with Gasteiger partial charge >= 0.3 is 12.3 Å². The van der Waals surface area contributed by atoms with Crippen LogP contribution in [0.15, 0.2) is 12.3 Å². The van der Waals surface area contributed by atoms with Gasteiger partial charge in [0, 0.05) is 12.6 Å². The number of alkyl halides is 3. The minimum atomic E-state index is -4.83. The molecule has 100 valence electrons. The SMILES string of the molecule is O=C(O)c1cc([N+](=O)[O-])cn1CCOC(F)(F)F. The van der Waals surface area contributed by atoms with E-state index < -0.39 is 41.8 Å². The van der Waals surface area contributed by atoms with Crippen molar-refractivity contribution in [2.45, 2.75) is 12.9 Å². The van der Waals surface area contributed by atoms with Crippen LogP contribution in [0.2, 0.25) is 0 Å². The Morgan fingerprint density at radius 1 is 1.56 bits per heavy atom. The summed E-state index contributed by atoms with van der Waals surface area (Å²) < 4.78 is 39.4. The lowest BCUT2D eigenvalue weighted by atomic mass is 10.4. The highest BCUT2D eigenvalue weighted by Crippen LogP contribution is 2.19. The smallest absolute Gasteiger partial charge is 0.477 e. The van der Waals surface area contributed by atoms with Crippen molar-refractivity contribution in [1.29, 1.82) is 0 Å². The quantitative estimate of drug-likeness (QED) is 0.646. The van der Waals surface area contributed by atoms with Gasteiger partial charge in [-0.2, -0.15) is 0 Å². The molecule has 7 nitrogen and oxygen atoms in total. The molecule has 18 heavy (non-hydrogen) atoms. The first kappa shape index (κ1) is 14.0. The number of rotatable bonds is 5. The number of carbonyl (C=O) groups is 1. The minimum Gasteiger partial charge on any atom is -0.477 e. The zero-order chi connectivity index (χ0) is 13.9. The summed E-state index contributed by atoms with van der Waals surface area (Å²) in [5, 5.41) is 19.1. The van der Waals surface area contributed by atoms with E-state index in [2.05, 4.69) is 4.74 Å². The topological polar surface area (TPSA) is 94.6 Å². The van der Waals surface area contributed by atoms with Crippen molar-refractivity contribution in [3.63, 3.8) is 0 Å². The van der Waals surface area contributed by atoms with Crippen molar-refractivity contribution >= 4 is 11.7 Å². The van der Waals surface area contributed by atoms with Crippen LogP contribution in [0.25, 0.3) is 0 Å². The molecule has 0 aliphatic rings. The summed E-state index contributed by atoms with van der Waals surface area (Å²) in [6.45, 7) is -1.30. The van der Waals surface area contributed by atoms with Crippen LogP contribution in [-0.2, 0) is 11.3 Å². The van der Waals surface area contributed by atoms with E-state index in [-0.39, 0.29) is 0 Å². The number of halogens is 3. The molecule has 0 fully saturated rings. The number of aromatic carboxylic acids is 1. The van der Waals surface area contributed by atoms with E-state index >= 15 is 0 Å². The van der Waals surface area contributed by atoms with Gasteiger partial charge in [-0.15, -0.1) is 13.2 Å². The van der Waals surface area contributed by atoms with Gasteiger partial charge in [0.05, 0.1) is 17.7 Å². The molecular weight excluding hydrogens is 261 g/mol. The largest absolute Gasteiger partial charge is 0.522 e. The highest BCUT2D eigenvalue weighted by Gasteiger charge is 2.29. The standard InChI is InChI=1S/C8H7F3N2O5/c9-8(10,11)18-2-1-12-4-5(13(16)17)3-6(12)7(14)15/h3-4H,1-2H2,(H,14,15). The Kier molecular flexibility index (Phi) is 3.91. The average molecular weight is 268 g/mol. The van der Waals surface area contributed by atoms with E-state index in [1.54, 1.807) is 0 Å². The molecule has 0 atom stereocenters. The number of carboxylic acids is 1. The minimum absolute atomic E-state index is 0.463. The summed E-state index contributed by atoms with van der Waals surface area (Å²) in [7, 11) is 0. The van der Waals surface area contributed by atoms with Crippen LogP contribution in [-0.4, -0.2) is 33.5 Å². The third kappa shape index (κ3) is 3.73. The van der Waals surface area contributed by atoms with E-state index in [0.717, 1.165) is 16.8 Å². The lowest BCUT2D eigenvalue weighted by molar-refractivity contribution is -0.384. The number of ether oxygens (including phenoxy) is 1. The van der Waals surface area contributed by atoms with Gasteiger partial charge in [0.2, 0.25) is 0 Å². The molecule has 10 heteroatoms. The molecule has 1 rings (SSSR count). The molecule has 0 saturated heterocycles. The van der Waals surface area contributed by atoms with Crippen LogP contribution >= 0.6 is 0 Å². The van der Waals surface area contributed by atoms with Gasteiger partial charge in [-0.1, -0.05) is 0 Å². The van der Waals surface area contributed by atoms with Crippen molar-refractivity contribution in [3.8, 4) is 0 Å². The van der Waals surface area contributed by atoms with Crippen LogP contribution in [0.3, 0.4) is 0 Å². The summed E-state index contributed by atoms with van der Waals surface area (Å²) in [4.78, 5) is 20.3. The normalized spacial score (nSPS) is 11.5. The van der Waals surface area contributed by atoms with Gasteiger partial charge in [0.15, 0.2) is 0 Å². The van der Waals surface area contributed by atoms with Gasteiger partial charge in [-0.3, -0.25) is 14.9 Å². The molecule has 0 saturated carbocycles. The predicted octanol–water partition coefficient (Wildman–Crippen LogP) is 1.63. The van der Waals surface area contributed by atoms with E-state index in [1.807, 2.05) is 0 Å². The molecule has 1 aromatic heterocycles. The van der Waals surface area contributed by atoms with Gasteiger partial charge in [-0.25, -0.2) is 4.79 Å². The summed E-state index contributed by atoms with van der Waals surface area (Å²) >= 11 is 0. The second-order valence-corrected chi connectivity index (χ2v) is 3.13. The van der Waals surface area contributed by atoms with Crippen LogP contribution in [0.5, 0.6) is 0 Å². The molecule has 0 amide bonds. The number of nitrogens with zero attached hydrogens (tertiary/aromatic N) is 2. The zero-order valence-corrected chi connectivity index (χ0v) is 8.68. The fourth-order valence-corrected chi connectivity index (χ4v) is 1.22. The van der Waals surface area contributed by atoms with Crippen molar-refractivity contribution in [3.05, 3.63) is 28.1 Å². The fourth-order valence-electron chi connectivity index (χ4n) is 1.22. The average Bonchev–Trinajstić information content (AvgIpc) is 2.59. The maximum absolute atomic E-state index is 11.7. The van der Waals surface area contributed by atoms with Crippen molar-refractivity contribution in [1.82, 2.24) is 4.57 Å². The molecule has 1 aromatic rings. The number of aromatic nitrogens is 1. The maximum Gasteiger partial charge on any atom is 0.522 e. The Morgan fingerprint density at radius 3 is 2.61 bits per heavy atom. The molecule has 0 aliphatic heterocycles. The number of nitro groups is 1. The van der Waals surface area contributed by atoms with E-state index in [1.165, 1.54) is 0 Å².